The Morgan fingerprint density at radius 2 is 2.19 bits per heavy atom. The van der Waals surface area contributed by atoms with E-state index in [0.717, 1.165) is 37.5 Å². The molecule has 5 heteroatoms. The second-order valence-electron chi connectivity index (χ2n) is 5.20. The van der Waals surface area contributed by atoms with Gasteiger partial charge < -0.3 is 9.26 Å². The molecule has 0 spiro atoms. The molecule has 0 bridgehead atoms. The maximum Gasteiger partial charge on any atom is 0.136 e. The first-order chi connectivity index (χ1) is 10.1. The highest BCUT2D eigenvalue weighted by molar-refractivity contribution is 9.10. The molecule has 1 fully saturated rings. The molecule has 1 aromatic heterocycles. The minimum Gasteiger partial charge on any atom is -0.492 e. The fourth-order valence-electron chi connectivity index (χ4n) is 2.44. The summed E-state index contributed by atoms with van der Waals surface area (Å²) in [6.45, 7) is 4.63. The molecule has 21 heavy (non-hydrogen) atoms. The summed E-state index contributed by atoms with van der Waals surface area (Å²) < 4.78 is 11.8. The monoisotopic (exact) mass is 365 g/mol. The van der Waals surface area contributed by atoms with E-state index < -0.39 is 0 Å². The van der Waals surface area contributed by atoms with Crippen LogP contribution in [0.4, 0.5) is 0 Å². The number of rotatable bonds is 5. The quantitative estimate of drug-likeness (QED) is 0.563. The van der Waals surface area contributed by atoms with Gasteiger partial charge in [0.1, 0.15) is 12.0 Å². The number of thiocarbonyl (C=S) groups is 1. The van der Waals surface area contributed by atoms with Crippen LogP contribution in [0.1, 0.15) is 48.1 Å². The smallest absolute Gasteiger partial charge is 0.136 e. The highest BCUT2D eigenvalue weighted by Gasteiger charge is 2.31. The van der Waals surface area contributed by atoms with Crippen molar-refractivity contribution in [2.24, 2.45) is 0 Å². The Kier molecular flexibility index (Phi) is 4.13. The fourth-order valence-corrected chi connectivity index (χ4v) is 3.36. The first kappa shape index (κ1) is 14.7. The summed E-state index contributed by atoms with van der Waals surface area (Å²) in [5.74, 6) is 1.36. The Labute approximate surface area is 137 Å². The predicted octanol–water partition coefficient (Wildman–Crippen LogP) is 4.79. The van der Waals surface area contributed by atoms with Crippen LogP contribution in [0.25, 0.3) is 0 Å². The van der Waals surface area contributed by atoms with Crippen molar-refractivity contribution in [2.75, 3.05) is 6.61 Å². The Hall–Kier alpha value is -1.20. The molecule has 110 valence electrons. The minimum absolute atomic E-state index is 0.513. The van der Waals surface area contributed by atoms with Gasteiger partial charge in [0, 0.05) is 11.5 Å². The molecule has 1 aliphatic rings. The van der Waals surface area contributed by atoms with Gasteiger partial charge >= 0.3 is 0 Å². The van der Waals surface area contributed by atoms with E-state index in [2.05, 4.69) is 21.1 Å². The normalized spacial score (nSPS) is 14.2. The summed E-state index contributed by atoms with van der Waals surface area (Å²) >= 11 is 9.21. The third-order valence-corrected chi connectivity index (χ3v) is 4.76. The van der Waals surface area contributed by atoms with Gasteiger partial charge in [-0.1, -0.05) is 23.4 Å². The molecule has 0 aliphatic heterocycles. The number of ether oxygens (including phenoxy) is 1. The molecule has 1 saturated carbocycles. The number of halogens is 1. The van der Waals surface area contributed by atoms with Crippen molar-refractivity contribution >= 4 is 33.0 Å². The molecule has 0 unspecified atom stereocenters. The average Bonchev–Trinajstić information content (AvgIpc) is 3.20. The zero-order valence-electron chi connectivity index (χ0n) is 12.0. The molecular formula is C16H16BrNO2S. The highest BCUT2D eigenvalue weighted by Crippen LogP contribution is 2.42. The summed E-state index contributed by atoms with van der Waals surface area (Å²) in [6.07, 6.45) is 4.01. The number of hydrogen-bond donors (Lipinski definition) is 0. The van der Waals surface area contributed by atoms with Crippen LogP contribution in [0.3, 0.4) is 0 Å². The van der Waals surface area contributed by atoms with Gasteiger partial charge in [0.15, 0.2) is 0 Å². The molecule has 2 aromatic rings. The second-order valence-corrected chi connectivity index (χ2v) is 6.46. The topological polar surface area (TPSA) is 35.3 Å². The third kappa shape index (κ3) is 2.77. The molecule has 0 saturated heterocycles. The van der Waals surface area contributed by atoms with Crippen LogP contribution in [-0.2, 0) is 0 Å². The summed E-state index contributed by atoms with van der Waals surface area (Å²) in [5, 5.41) is 4.13. The molecule has 1 aliphatic carbocycles. The van der Waals surface area contributed by atoms with Gasteiger partial charge in [-0.15, -0.1) is 0 Å². The molecule has 0 N–H and O–H groups in total. The first-order valence-electron chi connectivity index (χ1n) is 7.04. The van der Waals surface area contributed by atoms with Gasteiger partial charge in [0.05, 0.1) is 27.2 Å². The summed E-state index contributed by atoms with van der Waals surface area (Å²) in [4.78, 5) is 0.782. The maximum absolute atomic E-state index is 5.72. The SMILES string of the molecule is CCOc1c(Br)ccc(C(=S)c2conc2C2CC2)c1C. The van der Waals surface area contributed by atoms with Gasteiger partial charge in [-0.2, -0.15) is 0 Å². The molecule has 3 nitrogen and oxygen atoms in total. The minimum atomic E-state index is 0.513. The third-order valence-electron chi connectivity index (χ3n) is 3.70. The van der Waals surface area contributed by atoms with Crippen molar-refractivity contribution in [3.05, 3.63) is 45.3 Å². The van der Waals surface area contributed by atoms with Gasteiger partial charge in [0.2, 0.25) is 0 Å². The van der Waals surface area contributed by atoms with Gasteiger partial charge in [0.25, 0.3) is 0 Å². The van der Waals surface area contributed by atoms with Crippen LogP contribution in [-0.4, -0.2) is 16.6 Å². The summed E-state index contributed by atoms with van der Waals surface area (Å²) in [6, 6.07) is 4.00. The molecule has 0 atom stereocenters. The van der Waals surface area contributed by atoms with Crippen LogP contribution < -0.4 is 4.74 Å². The number of benzene rings is 1. The van der Waals surface area contributed by atoms with Crippen LogP contribution in [0.5, 0.6) is 5.75 Å². The van der Waals surface area contributed by atoms with Crippen molar-refractivity contribution in [1.82, 2.24) is 5.16 Å². The standard InChI is InChI=1S/C16H16BrNO2S/c1-3-19-15-9(2)11(6-7-13(15)17)16(21)12-8-20-18-14(12)10-4-5-10/h6-8,10H,3-5H2,1-2H3. The fraction of sp³-hybridized carbons (Fsp3) is 0.375. The molecule has 1 aromatic carbocycles. The lowest BCUT2D eigenvalue weighted by Gasteiger charge is -2.14. The lowest BCUT2D eigenvalue weighted by atomic mass is 9.99. The van der Waals surface area contributed by atoms with Crippen LogP contribution in [0.2, 0.25) is 0 Å². The largest absolute Gasteiger partial charge is 0.492 e. The van der Waals surface area contributed by atoms with E-state index >= 15 is 0 Å². The van der Waals surface area contributed by atoms with E-state index in [9.17, 15) is 0 Å². The Morgan fingerprint density at radius 3 is 2.86 bits per heavy atom. The van der Waals surface area contributed by atoms with Gasteiger partial charge in [-0.3, -0.25) is 0 Å². The van der Waals surface area contributed by atoms with Gasteiger partial charge in [-0.25, -0.2) is 0 Å². The van der Waals surface area contributed by atoms with Crippen molar-refractivity contribution < 1.29 is 9.26 Å². The molecular weight excluding hydrogens is 350 g/mol. The molecule has 0 radical (unpaired) electrons. The maximum atomic E-state index is 5.72. The predicted molar refractivity (Wildman–Crippen MR) is 89.3 cm³/mol. The first-order valence-corrected chi connectivity index (χ1v) is 8.24. The van der Waals surface area contributed by atoms with Crippen molar-refractivity contribution in [3.63, 3.8) is 0 Å². The van der Waals surface area contributed by atoms with Crippen molar-refractivity contribution in [2.45, 2.75) is 32.6 Å². The zero-order valence-corrected chi connectivity index (χ0v) is 14.4. The number of aromatic nitrogens is 1. The van der Waals surface area contributed by atoms with E-state index in [1.807, 2.05) is 26.0 Å². The summed E-state index contributed by atoms with van der Waals surface area (Å²) in [7, 11) is 0. The number of nitrogens with zero attached hydrogens (tertiary/aromatic N) is 1. The highest BCUT2D eigenvalue weighted by atomic mass is 79.9. The van der Waals surface area contributed by atoms with Crippen molar-refractivity contribution in [3.8, 4) is 5.75 Å². The summed E-state index contributed by atoms with van der Waals surface area (Å²) in [5.41, 5.74) is 3.99. The number of hydrogen-bond acceptors (Lipinski definition) is 4. The Bertz CT molecular complexity index is 692. The van der Waals surface area contributed by atoms with E-state index in [-0.39, 0.29) is 0 Å². The van der Waals surface area contributed by atoms with E-state index in [1.165, 1.54) is 12.8 Å². The van der Waals surface area contributed by atoms with E-state index in [1.54, 1.807) is 6.26 Å². The van der Waals surface area contributed by atoms with Crippen LogP contribution in [0.15, 0.2) is 27.4 Å². The van der Waals surface area contributed by atoms with E-state index in [0.29, 0.717) is 12.5 Å². The van der Waals surface area contributed by atoms with Gasteiger partial charge in [-0.05, 0) is 54.2 Å². The lowest BCUT2D eigenvalue weighted by Crippen LogP contribution is -2.06. The molecule has 1 heterocycles. The van der Waals surface area contributed by atoms with Crippen LogP contribution >= 0.6 is 28.1 Å². The molecule has 3 rings (SSSR count). The average molecular weight is 366 g/mol. The Morgan fingerprint density at radius 1 is 1.43 bits per heavy atom. The van der Waals surface area contributed by atoms with E-state index in [4.69, 9.17) is 21.5 Å². The van der Waals surface area contributed by atoms with Crippen LogP contribution in [0, 0.1) is 6.92 Å². The van der Waals surface area contributed by atoms with Crippen molar-refractivity contribution in [1.29, 1.82) is 0 Å². The Balaban J connectivity index is 2.01. The molecule has 0 amide bonds. The lowest BCUT2D eigenvalue weighted by molar-refractivity contribution is 0.335. The zero-order chi connectivity index (χ0) is 15.0. The second kappa shape index (κ2) is 5.89.